The van der Waals surface area contributed by atoms with Crippen LogP contribution in [0.15, 0.2) is 73.1 Å². The van der Waals surface area contributed by atoms with Gasteiger partial charge in [0.05, 0.1) is 28.1 Å². The van der Waals surface area contributed by atoms with Crippen LogP contribution < -0.4 is 0 Å². The van der Waals surface area contributed by atoms with E-state index in [4.69, 9.17) is 9.97 Å². The van der Waals surface area contributed by atoms with Gasteiger partial charge in [0, 0.05) is 34.8 Å². The third kappa shape index (κ3) is 3.02. The number of aryl methyl sites for hydroxylation is 1. The van der Waals surface area contributed by atoms with Crippen molar-refractivity contribution in [1.82, 2.24) is 19.4 Å². The smallest absolute Gasteiger partial charge is 0.117 e. The highest BCUT2D eigenvalue weighted by molar-refractivity contribution is 5.89. The Morgan fingerprint density at radius 2 is 1.71 bits per heavy atom. The van der Waals surface area contributed by atoms with Gasteiger partial charge in [-0.25, -0.2) is 9.97 Å². The molecule has 2 aromatic carbocycles. The van der Waals surface area contributed by atoms with Crippen molar-refractivity contribution in [2.45, 2.75) is 32.6 Å². The van der Waals surface area contributed by atoms with E-state index in [0.29, 0.717) is 5.92 Å². The summed E-state index contributed by atoms with van der Waals surface area (Å²) >= 11 is 0. The molecule has 0 atom stereocenters. The molecule has 5 aromatic rings. The Labute approximate surface area is 181 Å². The summed E-state index contributed by atoms with van der Waals surface area (Å²) in [5.74, 6) is 2.48. The van der Waals surface area contributed by atoms with E-state index in [1.54, 1.807) is 0 Å². The van der Waals surface area contributed by atoms with Crippen LogP contribution in [0.5, 0.6) is 0 Å². The lowest BCUT2D eigenvalue weighted by atomic mass is 9.76. The van der Waals surface area contributed by atoms with Crippen molar-refractivity contribution >= 4 is 16.4 Å². The van der Waals surface area contributed by atoms with Gasteiger partial charge in [0.25, 0.3) is 0 Å². The van der Waals surface area contributed by atoms with Crippen LogP contribution in [0.4, 0.5) is 0 Å². The van der Waals surface area contributed by atoms with Gasteiger partial charge in [-0.3, -0.25) is 9.38 Å². The third-order valence-corrected chi connectivity index (χ3v) is 6.54. The Balaban J connectivity index is 1.51. The molecule has 1 aliphatic rings. The molecule has 3 heterocycles. The minimum atomic E-state index is 0.529. The molecular formula is C27H24N4. The van der Waals surface area contributed by atoms with Crippen molar-refractivity contribution < 1.29 is 0 Å². The molecule has 0 spiro atoms. The molecule has 0 aliphatic heterocycles. The van der Waals surface area contributed by atoms with Crippen LogP contribution in [0.3, 0.4) is 0 Å². The lowest BCUT2D eigenvalue weighted by molar-refractivity contribution is 0.277. The van der Waals surface area contributed by atoms with Gasteiger partial charge in [-0.15, -0.1) is 0 Å². The van der Waals surface area contributed by atoms with Crippen LogP contribution in [-0.2, 0) is 0 Å². The number of nitrogens with zero attached hydrogens (tertiary/aromatic N) is 4. The Morgan fingerprint density at radius 3 is 2.52 bits per heavy atom. The number of benzene rings is 2. The normalized spacial score (nSPS) is 18.4. The predicted molar refractivity (Wildman–Crippen MR) is 125 cm³/mol. The lowest BCUT2D eigenvalue weighted by Crippen LogP contribution is -2.21. The van der Waals surface area contributed by atoms with E-state index in [1.165, 1.54) is 18.7 Å². The summed E-state index contributed by atoms with van der Waals surface area (Å²) in [7, 11) is 0. The average molecular weight is 405 g/mol. The average Bonchev–Trinajstić information content (AvgIpc) is 3.17. The maximum atomic E-state index is 5.16. The number of rotatable bonds is 3. The number of aromatic nitrogens is 4. The van der Waals surface area contributed by atoms with Crippen molar-refractivity contribution in [3.8, 4) is 22.5 Å². The summed E-state index contributed by atoms with van der Waals surface area (Å²) < 4.78 is 2.26. The van der Waals surface area contributed by atoms with Crippen molar-refractivity contribution in [3.05, 3.63) is 84.6 Å². The van der Waals surface area contributed by atoms with Crippen molar-refractivity contribution in [1.29, 1.82) is 0 Å². The minimum absolute atomic E-state index is 0.529. The van der Waals surface area contributed by atoms with Gasteiger partial charge in [-0.2, -0.15) is 0 Å². The molecule has 0 radical (unpaired) electrons. The first kappa shape index (κ1) is 18.3. The van der Waals surface area contributed by atoms with Gasteiger partial charge in [-0.05, 0) is 37.8 Å². The van der Waals surface area contributed by atoms with Gasteiger partial charge in [0.15, 0.2) is 0 Å². The Bertz CT molecular complexity index is 1410. The summed E-state index contributed by atoms with van der Waals surface area (Å²) in [6, 6.07) is 21.0. The Hall–Kier alpha value is -3.53. The fourth-order valence-corrected chi connectivity index (χ4v) is 4.86. The number of hydrogen-bond acceptors (Lipinski definition) is 3. The number of imidazole rings is 1. The molecule has 0 amide bonds. The zero-order valence-corrected chi connectivity index (χ0v) is 17.8. The summed E-state index contributed by atoms with van der Waals surface area (Å²) in [4.78, 5) is 14.7. The summed E-state index contributed by atoms with van der Waals surface area (Å²) in [6.07, 6.45) is 6.36. The van der Waals surface area contributed by atoms with E-state index in [2.05, 4.69) is 71.9 Å². The first-order chi connectivity index (χ1) is 15.2. The molecule has 1 fully saturated rings. The van der Waals surface area contributed by atoms with Crippen molar-refractivity contribution in [2.24, 2.45) is 5.92 Å². The molecule has 0 saturated heterocycles. The highest BCUT2D eigenvalue weighted by Gasteiger charge is 2.31. The summed E-state index contributed by atoms with van der Waals surface area (Å²) in [5, 5.41) is 1.13. The zero-order valence-electron chi connectivity index (χ0n) is 17.8. The lowest BCUT2D eigenvalue weighted by Gasteiger charge is -2.31. The summed E-state index contributed by atoms with van der Waals surface area (Å²) in [5.41, 5.74) is 7.32. The van der Waals surface area contributed by atoms with Crippen molar-refractivity contribution in [2.75, 3.05) is 0 Å². The molecule has 31 heavy (non-hydrogen) atoms. The molecule has 4 heteroatoms. The molecule has 6 rings (SSSR count). The van der Waals surface area contributed by atoms with Gasteiger partial charge >= 0.3 is 0 Å². The molecular weight excluding hydrogens is 380 g/mol. The first-order valence-electron chi connectivity index (χ1n) is 11.0. The van der Waals surface area contributed by atoms with E-state index >= 15 is 0 Å². The van der Waals surface area contributed by atoms with Gasteiger partial charge in [0.1, 0.15) is 5.82 Å². The Morgan fingerprint density at radius 1 is 0.903 bits per heavy atom. The fourth-order valence-electron chi connectivity index (χ4n) is 4.86. The number of hydrogen-bond donors (Lipinski definition) is 0. The fraction of sp³-hybridized carbons (Fsp3) is 0.222. The number of pyridine rings is 1. The predicted octanol–water partition coefficient (Wildman–Crippen LogP) is 6.43. The van der Waals surface area contributed by atoms with Crippen LogP contribution in [0.2, 0.25) is 0 Å². The van der Waals surface area contributed by atoms with Crippen LogP contribution >= 0.6 is 0 Å². The topological polar surface area (TPSA) is 43.1 Å². The third-order valence-electron chi connectivity index (χ3n) is 6.54. The summed E-state index contributed by atoms with van der Waals surface area (Å²) in [6.45, 7) is 4.39. The van der Waals surface area contributed by atoms with E-state index in [1.807, 2.05) is 24.4 Å². The highest BCUT2D eigenvalue weighted by atomic mass is 15.1. The SMILES string of the molecule is Cc1nccn2c(C3CC(C)C3)nc(-c3ccc4ccc(-c5ccccc5)nc4c3)c12. The molecule has 0 bridgehead atoms. The van der Waals surface area contributed by atoms with Gasteiger partial charge in [-0.1, -0.05) is 55.5 Å². The van der Waals surface area contributed by atoms with E-state index < -0.39 is 0 Å². The van der Waals surface area contributed by atoms with Crippen LogP contribution in [-0.4, -0.2) is 19.4 Å². The van der Waals surface area contributed by atoms with Crippen LogP contribution in [0.25, 0.3) is 38.9 Å². The minimum Gasteiger partial charge on any atom is -0.300 e. The van der Waals surface area contributed by atoms with Gasteiger partial charge in [0.2, 0.25) is 0 Å². The first-order valence-corrected chi connectivity index (χ1v) is 11.0. The molecule has 152 valence electrons. The molecule has 1 saturated carbocycles. The quantitative estimate of drug-likeness (QED) is 0.348. The van der Waals surface area contributed by atoms with E-state index in [9.17, 15) is 0 Å². The highest BCUT2D eigenvalue weighted by Crippen LogP contribution is 2.42. The molecule has 4 nitrogen and oxygen atoms in total. The molecule has 1 aliphatic carbocycles. The maximum Gasteiger partial charge on any atom is 0.117 e. The maximum absolute atomic E-state index is 5.16. The molecule has 3 aromatic heterocycles. The van der Waals surface area contributed by atoms with Crippen LogP contribution in [0.1, 0.15) is 37.2 Å². The van der Waals surface area contributed by atoms with E-state index in [0.717, 1.165) is 50.5 Å². The molecule has 0 N–H and O–H groups in total. The zero-order chi connectivity index (χ0) is 20.9. The molecule has 0 unspecified atom stereocenters. The number of fused-ring (bicyclic) bond motifs is 2. The standard InChI is InChI=1S/C27H24N4/c1-17-14-22(15-17)27-30-25(26-18(2)28-12-13-31(26)27)21-9-8-20-10-11-23(29-24(20)16-21)19-6-4-3-5-7-19/h3-13,16-17,22H,14-15H2,1-2H3. The second kappa shape index (κ2) is 7.02. The van der Waals surface area contributed by atoms with Crippen LogP contribution in [0, 0.1) is 12.8 Å². The second-order valence-corrected chi connectivity index (χ2v) is 8.79. The Kier molecular flexibility index (Phi) is 4.13. The monoisotopic (exact) mass is 404 g/mol. The van der Waals surface area contributed by atoms with Gasteiger partial charge < -0.3 is 0 Å². The van der Waals surface area contributed by atoms with Crippen molar-refractivity contribution in [3.63, 3.8) is 0 Å². The van der Waals surface area contributed by atoms with E-state index in [-0.39, 0.29) is 0 Å². The largest absolute Gasteiger partial charge is 0.300 e. The second-order valence-electron chi connectivity index (χ2n) is 8.79.